The quantitative estimate of drug-likeness (QED) is 0.785. The van der Waals surface area contributed by atoms with Gasteiger partial charge in [-0.15, -0.1) is 23.7 Å². The number of amides is 1. The Kier molecular flexibility index (Phi) is 7.71. The number of carbonyl (C=O) groups excluding carboxylic acids is 1. The molecule has 24 heavy (non-hydrogen) atoms. The van der Waals surface area contributed by atoms with Gasteiger partial charge in [0.2, 0.25) is 0 Å². The third-order valence-electron chi connectivity index (χ3n) is 3.82. The maximum atomic E-state index is 12.2. The molecule has 1 aromatic carbocycles. The van der Waals surface area contributed by atoms with Crippen LogP contribution in [0.1, 0.15) is 9.67 Å². The SMILES string of the molecule is Cl.O=C(NCCN1CCOCC1)c1cc(-c2ccc(Br)cc2)cs1. The second-order valence-corrected chi connectivity index (χ2v) is 7.24. The lowest BCUT2D eigenvalue weighted by molar-refractivity contribution is 0.0383. The summed E-state index contributed by atoms with van der Waals surface area (Å²) in [5, 5.41) is 5.03. The molecular weight excluding hydrogens is 412 g/mol. The van der Waals surface area contributed by atoms with Gasteiger partial charge in [0, 0.05) is 30.7 Å². The highest BCUT2D eigenvalue weighted by molar-refractivity contribution is 9.10. The monoisotopic (exact) mass is 430 g/mol. The van der Waals surface area contributed by atoms with Gasteiger partial charge in [-0.1, -0.05) is 28.1 Å². The van der Waals surface area contributed by atoms with Gasteiger partial charge < -0.3 is 10.1 Å². The summed E-state index contributed by atoms with van der Waals surface area (Å²) in [6.45, 7) is 5.01. The van der Waals surface area contributed by atoms with Crippen LogP contribution in [0.15, 0.2) is 40.2 Å². The van der Waals surface area contributed by atoms with E-state index in [1.807, 2.05) is 35.7 Å². The molecule has 1 aromatic heterocycles. The third kappa shape index (κ3) is 5.29. The van der Waals surface area contributed by atoms with E-state index in [1.165, 1.54) is 11.3 Å². The van der Waals surface area contributed by atoms with Gasteiger partial charge in [-0.25, -0.2) is 0 Å². The largest absolute Gasteiger partial charge is 0.379 e. The second kappa shape index (κ2) is 9.53. The lowest BCUT2D eigenvalue weighted by atomic mass is 10.1. The van der Waals surface area contributed by atoms with Gasteiger partial charge in [-0.2, -0.15) is 0 Å². The van der Waals surface area contributed by atoms with E-state index in [-0.39, 0.29) is 18.3 Å². The Morgan fingerprint density at radius 3 is 2.62 bits per heavy atom. The number of carbonyl (C=O) groups is 1. The van der Waals surface area contributed by atoms with Crippen LogP contribution in [0.25, 0.3) is 11.1 Å². The van der Waals surface area contributed by atoms with Crippen molar-refractivity contribution in [1.82, 2.24) is 10.2 Å². The highest BCUT2D eigenvalue weighted by Crippen LogP contribution is 2.26. The maximum absolute atomic E-state index is 12.2. The third-order valence-corrected chi connectivity index (χ3v) is 5.28. The van der Waals surface area contributed by atoms with Gasteiger partial charge in [0.25, 0.3) is 5.91 Å². The van der Waals surface area contributed by atoms with E-state index in [0.29, 0.717) is 6.54 Å². The van der Waals surface area contributed by atoms with E-state index in [2.05, 4.69) is 26.1 Å². The van der Waals surface area contributed by atoms with Crippen molar-refractivity contribution in [2.45, 2.75) is 0 Å². The summed E-state index contributed by atoms with van der Waals surface area (Å²) >= 11 is 4.92. The van der Waals surface area contributed by atoms with Crippen LogP contribution in [0.5, 0.6) is 0 Å². The first kappa shape index (κ1) is 19.4. The predicted octanol–water partition coefficient (Wildman–Crippen LogP) is 3.66. The van der Waals surface area contributed by atoms with Crippen molar-refractivity contribution in [2.24, 2.45) is 0 Å². The molecule has 0 aliphatic carbocycles. The van der Waals surface area contributed by atoms with E-state index < -0.39 is 0 Å². The Morgan fingerprint density at radius 2 is 1.92 bits per heavy atom. The molecule has 2 aromatic rings. The zero-order valence-electron chi connectivity index (χ0n) is 13.2. The summed E-state index contributed by atoms with van der Waals surface area (Å²) in [6, 6.07) is 10.1. The number of rotatable bonds is 5. The smallest absolute Gasteiger partial charge is 0.261 e. The molecule has 3 rings (SSSR count). The molecule has 7 heteroatoms. The first-order chi connectivity index (χ1) is 11.2. The minimum atomic E-state index is 0. The van der Waals surface area contributed by atoms with E-state index in [1.54, 1.807) is 0 Å². The summed E-state index contributed by atoms with van der Waals surface area (Å²) in [6.07, 6.45) is 0. The maximum Gasteiger partial charge on any atom is 0.261 e. The van der Waals surface area contributed by atoms with Crippen LogP contribution in [0.2, 0.25) is 0 Å². The average Bonchev–Trinajstić information content (AvgIpc) is 3.06. The van der Waals surface area contributed by atoms with Gasteiger partial charge in [0.1, 0.15) is 0 Å². The van der Waals surface area contributed by atoms with Gasteiger partial charge in [-0.3, -0.25) is 9.69 Å². The van der Waals surface area contributed by atoms with E-state index >= 15 is 0 Å². The normalized spacial score (nSPS) is 14.9. The van der Waals surface area contributed by atoms with Crippen molar-refractivity contribution in [3.05, 3.63) is 45.1 Å². The molecule has 1 aliphatic rings. The number of thiophene rings is 1. The predicted molar refractivity (Wildman–Crippen MR) is 104 cm³/mol. The van der Waals surface area contributed by atoms with Crippen molar-refractivity contribution in [3.8, 4) is 11.1 Å². The van der Waals surface area contributed by atoms with E-state index in [4.69, 9.17) is 4.74 Å². The van der Waals surface area contributed by atoms with Crippen molar-refractivity contribution < 1.29 is 9.53 Å². The molecule has 2 heterocycles. The van der Waals surface area contributed by atoms with Crippen LogP contribution in [0.4, 0.5) is 0 Å². The fourth-order valence-corrected chi connectivity index (χ4v) is 3.59. The molecule has 1 amide bonds. The number of halogens is 2. The number of nitrogens with one attached hydrogen (secondary N) is 1. The summed E-state index contributed by atoms with van der Waals surface area (Å²) < 4.78 is 6.37. The molecular formula is C17H20BrClN2O2S. The van der Waals surface area contributed by atoms with Gasteiger partial charge in [0.15, 0.2) is 0 Å². The van der Waals surface area contributed by atoms with E-state index in [9.17, 15) is 4.79 Å². The molecule has 1 N–H and O–H groups in total. The number of hydrogen-bond donors (Lipinski definition) is 1. The fourth-order valence-electron chi connectivity index (χ4n) is 2.49. The lowest BCUT2D eigenvalue weighted by Crippen LogP contribution is -2.41. The highest BCUT2D eigenvalue weighted by Gasteiger charge is 2.12. The fraction of sp³-hybridized carbons (Fsp3) is 0.353. The van der Waals surface area contributed by atoms with Crippen LogP contribution >= 0.6 is 39.7 Å². The Labute approximate surface area is 160 Å². The van der Waals surface area contributed by atoms with Gasteiger partial charge >= 0.3 is 0 Å². The molecule has 0 unspecified atom stereocenters. The summed E-state index contributed by atoms with van der Waals surface area (Å²) in [5.74, 6) is 0.00613. The van der Waals surface area contributed by atoms with Crippen LogP contribution < -0.4 is 5.32 Å². The molecule has 0 saturated carbocycles. The Balaban J connectivity index is 0.00000208. The van der Waals surface area contributed by atoms with Crippen molar-refractivity contribution in [2.75, 3.05) is 39.4 Å². The van der Waals surface area contributed by atoms with Crippen molar-refractivity contribution in [3.63, 3.8) is 0 Å². The Morgan fingerprint density at radius 1 is 1.21 bits per heavy atom. The second-order valence-electron chi connectivity index (χ2n) is 5.42. The van der Waals surface area contributed by atoms with E-state index in [0.717, 1.165) is 53.3 Å². The minimum absolute atomic E-state index is 0. The van der Waals surface area contributed by atoms with Crippen LogP contribution in [-0.4, -0.2) is 50.2 Å². The number of nitrogens with zero attached hydrogens (tertiary/aromatic N) is 1. The van der Waals surface area contributed by atoms with Crippen LogP contribution in [0, 0.1) is 0 Å². The topological polar surface area (TPSA) is 41.6 Å². The Hall–Kier alpha value is -0.920. The first-order valence-corrected chi connectivity index (χ1v) is 9.32. The number of benzene rings is 1. The molecule has 1 fully saturated rings. The molecule has 0 atom stereocenters. The Bertz CT molecular complexity index is 657. The number of morpholine rings is 1. The summed E-state index contributed by atoms with van der Waals surface area (Å²) in [7, 11) is 0. The molecule has 0 bridgehead atoms. The summed E-state index contributed by atoms with van der Waals surface area (Å²) in [5.41, 5.74) is 2.21. The van der Waals surface area contributed by atoms with Gasteiger partial charge in [0.05, 0.1) is 18.1 Å². The molecule has 1 saturated heterocycles. The molecule has 130 valence electrons. The van der Waals surface area contributed by atoms with Crippen molar-refractivity contribution in [1.29, 1.82) is 0 Å². The molecule has 1 aliphatic heterocycles. The zero-order valence-corrected chi connectivity index (χ0v) is 16.4. The molecule has 4 nitrogen and oxygen atoms in total. The number of hydrogen-bond acceptors (Lipinski definition) is 4. The lowest BCUT2D eigenvalue weighted by Gasteiger charge is -2.26. The number of ether oxygens (including phenoxy) is 1. The highest BCUT2D eigenvalue weighted by atomic mass is 79.9. The minimum Gasteiger partial charge on any atom is -0.379 e. The standard InChI is InChI=1S/C17H19BrN2O2S.ClH/c18-15-3-1-13(2-4-15)14-11-16(23-12-14)17(21)19-5-6-20-7-9-22-10-8-20;/h1-4,11-12H,5-10H2,(H,19,21);1H. The average molecular weight is 432 g/mol. The zero-order chi connectivity index (χ0) is 16.1. The molecule has 0 radical (unpaired) electrons. The van der Waals surface area contributed by atoms with Crippen LogP contribution in [0.3, 0.4) is 0 Å². The molecule has 0 spiro atoms. The van der Waals surface area contributed by atoms with Crippen LogP contribution in [-0.2, 0) is 4.74 Å². The van der Waals surface area contributed by atoms with Gasteiger partial charge in [-0.05, 0) is 34.7 Å². The summed E-state index contributed by atoms with van der Waals surface area (Å²) in [4.78, 5) is 15.3. The van der Waals surface area contributed by atoms with Crippen molar-refractivity contribution >= 4 is 45.6 Å². The first-order valence-electron chi connectivity index (χ1n) is 7.65.